The van der Waals surface area contributed by atoms with Crippen molar-refractivity contribution in [2.24, 2.45) is 0 Å². The lowest BCUT2D eigenvalue weighted by molar-refractivity contribution is 0.592. The predicted molar refractivity (Wildman–Crippen MR) is 135 cm³/mol. The first-order valence-electron chi connectivity index (χ1n) is 11.3. The van der Waals surface area contributed by atoms with Gasteiger partial charge in [0, 0.05) is 29.0 Å². The minimum absolute atomic E-state index is 0.160. The summed E-state index contributed by atoms with van der Waals surface area (Å²) >= 11 is 0. The monoisotopic (exact) mass is 482 g/mol. The van der Waals surface area contributed by atoms with Gasteiger partial charge in [-0.2, -0.15) is 4.52 Å². The van der Waals surface area contributed by atoms with Gasteiger partial charge in [0.25, 0.3) is 0 Å². The Bertz CT molecular complexity index is 1800. The summed E-state index contributed by atoms with van der Waals surface area (Å²) in [6.07, 6.45) is 2.80. The van der Waals surface area contributed by atoms with Gasteiger partial charge in [-0.3, -0.25) is 0 Å². The molecule has 0 aliphatic carbocycles. The molecule has 0 spiro atoms. The van der Waals surface area contributed by atoms with Gasteiger partial charge < -0.3 is 10.3 Å². The fraction of sp³-hybridized carbons (Fsp3) is 0.115. The third-order valence-corrected chi connectivity index (χ3v) is 7.84. The van der Waals surface area contributed by atoms with Crippen molar-refractivity contribution in [1.82, 2.24) is 24.8 Å². The van der Waals surface area contributed by atoms with Crippen molar-refractivity contribution in [1.29, 1.82) is 0 Å². The quantitative estimate of drug-likeness (QED) is 0.361. The molecule has 174 valence electrons. The Morgan fingerprint density at radius 3 is 2.51 bits per heavy atom. The number of rotatable bonds is 6. The maximum absolute atomic E-state index is 13.4. The lowest BCUT2D eigenvalue weighted by Gasteiger charge is -2.10. The molecule has 2 N–H and O–H groups in total. The first kappa shape index (κ1) is 21.3. The molecule has 0 unspecified atom stereocenters. The highest BCUT2D eigenvalue weighted by Crippen LogP contribution is 2.28. The molecule has 0 saturated heterocycles. The smallest absolute Gasteiger partial charge is 0.229 e. The molecule has 0 saturated carbocycles. The van der Waals surface area contributed by atoms with Crippen molar-refractivity contribution < 1.29 is 8.42 Å². The number of anilines is 1. The zero-order chi connectivity index (χ0) is 24.0. The molecule has 35 heavy (non-hydrogen) atoms. The van der Waals surface area contributed by atoms with Crippen molar-refractivity contribution in [3.63, 3.8) is 0 Å². The normalized spacial score (nSPS) is 12.0. The standard InChI is InChI=1S/C26H22N6O2S/c1-17-10-12-19(13-11-17)35(33,34)26-25-29-24(21-7-3-5-9-23(21)32(25)31-30-26)27-15-14-18-16-28-22-8-4-2-6-20(18)22/h2-13,16,28H,14-15H2,1H3,(H,27,29). The Labute approximate surface area is 201 Å². The van der Waals surface area contributed by atoms with Gasteiger partial charge in [0.15, 0.2) is 5.65 Å². The summed E-state index contributed by atoms with van der Waals surface area (Å²) in [6.45, 7) is 2.53. The van der Waals surface area contributed by atoms with Crippen LogP contribution in [0.15, 0.2) is 88.9 Å². The van der Waals surface area contributed by atoms with Gasteiger partial charge in [-0.25, -0.2) is 13.4 Å². The van der Waals surface area contributed by atoms with Crippen LogP contribution in [0.2, 0.25) is 0 Å². The minimum Gasteiger partial charge on any atom is -0.369 e. The number of H-pyrrole nitrogens is 1. The van der Waals surface area contributed by atoms with Gasteiger partial charge in [-0.1, -0.05) is 53.2 Å². The van der Waals surface area contributed by atoms with Gasteiger partial charge in [-0.15, -0.1) is 5.10 Å². The van der Waals surface area contributed by atoms with Crippen LogP contribution in [0.3, 0.4) is 0 Å². The highest BCUT2D eigenvalue weighted by atomic mass is 32.2. The third-order valence-electron chi connectivity index (χ3n) is 6.17. The van der Waals surface area contributed by atoms with Crippen LogP contribution in [-0.2, 0) is 16.3 Å². The van der Waals surface area contributed by atoms with Gasteiger partial charge in [0.2, 0.25) is 14.9 Å². The average molecular weight is 483 g/mol. The summed E-state index contributed by atoms with van der Waals surface area (Å²) in [4.78, 5) is 8.16. The molecular formula is C26H22N6O2S. The van der Waals surface area contributed by atoms with E-state index >= 15 is 0 Å². The molecule has 8 nitrogen and oxygen atoms in total. The third kappa shape index (κ3) is 3.60. The highest BCUT2D eigenvalue weighted by Gasteiger charge is 2.27. The van der Waals surface area contributed by atoms with E-state index in [0.717, 1.165) is 28.4 Å². The summed E-state index contributed by atoms with van der Waals surface area (Å²) in [5.74, 6) is 0.593. The second-order valence-corrected chi connectivity index (χ2v) is 10.3. The number of sulfone groups is 1. The van der Waals surface area contributed by atoms with Gasteiger partial charge >= 0.3 is 0 Å². The predicted octanol–water partition coefficient (Wildman–Crippen LogP) is 4.55. The number of aromatic amines is 1. The van der Waals surface area contributed by atoms with Gasteiger partial charge in [-0.05, 0) is 49.2 Å². The maximum atomic E-state index is 13.4. The topological polar surface area (TPSA) is 105 Å². The maximum Gasteiger partial charge on any atom is 0.229 e. The number of hydrogen-bond acceptors (Lipinski definition) is 6. The molecule has 0 atom stereocenters. The van der Waals surface area contributed by atoms with Crippen LogP contribution in [0.1, 0.15) is 11.1 Å². The Hall–Kier alpha value is -4.24. The van der Waals surface area contributed by atoms with E-state index in [9.17, 15) is 8.42 Å². The van der Waals surface area contributed by atoms with Crippen LogP contribution in [0.5, 0.6) is 0 Å². The zero-order valence-corrected chi connectivity index (χ0v) is 19.7. The Morgan fingerprint density at radius 1 is 0.943 bits per heavy atom. The van der Waals surface area contributed by atoms with Crippen molar-refractivity contribution in [3.8, 4) is 0 Å². The molecular weight excluding hydrogens is 460 g/mol. The summed E-state index contributed by atoms with van der Waals surface area (Å²) in [6, 6.07) is 22.5. The van der Waals surface area contributed by atoms with E-state index in [1.807, 2.05) is 49.5 Å². The molecule has 0 bridgehead atoms. The second-order valence-electron chi connectivity index (χ2n) is 8.46. The molecule has 6 aromatic rings. The van der Waals surface area contributed by atoms with Crippen LogP contribution < -0.4 is 5.32 Å². The number of aryl methyl sites for hydroxylation is 1. The Morgan fingerprint density at radius 2 is 1.69 bits per heavy atom. The van der Waals surface area contributed by atoms with Crippen LogP contribution >= 0.6 is 0 Å². The number of hydrogen-bond donors (Lipinski definition) is 2. The lowest BCUT2D eigenvalue weighted by atomic mass is 10.1. The minimum atomic E-state index is -3.89. The second kappa shape index (κ2) is 8.21. The fourth-order valence-corrected chi connectivity index (χ4v) is 5.57. The van der Waals surface area contributed by atoms with E-state index in [1.165, 1.54) is 15.5 Å². The lowest BCUT2D eigenvalue weighted by Crippen LogP contribution is -2.09. The number of para-hydroxylation sites is 2. The first-order chi connectivity index (χ1) is 17.0. The zero-order valence-electron chi connectivity index (χ0n) is 18.9. The van der Waals surface area contributed by atoms with Crippen LogP contribution in [0.4, 0.5) is 5.82 Å². The van der Waals surface area contributed by atoms with Crippen LogP contribution in [-0.4, -0.2) is 39.8 Å². The molecule has 3 aromatic carbocycles. The molecule has 0 aliphatic rings. The molecule has 0 amide bonds. The number of aromatic nitrogens is 5. The summed E-state index contributed by atoms with van der Waals surface area (Å²) in [5, 5.41) is 13.5. The fourth-order valence-electron chi connectivity index (χ4n) is 4.34. The van der Waals surface area contributed by atoms with Crippen LogP contribution in [0.25, 0.3) is 27.5 Å². The molecule has 6 rings (SSSR count). The molecule has 0 radical (unpaired) electrons. The van der Waals surface area contributed by atoms with Crippen molar-refractivity contribution in [2.45, 2.75) is 23.3 Å². The average Bonchev–Trinajstić information content (AvgIpc) is 3.49. The largest absolute Gasteiger partial charge is 0.369 e. The first-order valence-corrected chi connectivity index (χ1v) is 12.8. The number of benzene rings is 3. The molecule has 9 heteroatoms. The molecule has 3 aromatic heterocycles. The Kier molecular flexibility index (Phi) is 5.00. The van der Waals surface area contributed by atoms with Crippen molar-refractivity contribution in [2.75, 3.05) is 11.9 Å². The molecule has 0 aliphatic heterocycles. The summed E-state index contributed by atoms with van der Waals surface area (Å²) < 4.78 is 28.3. The van der Waals surface area contributed by atoms with Crippen LogP contribution in [0, 0.1) is 6.92 Å². The summed E-state index contributed by atoms with van der Waals surface area (Å²) in [5.41, 5.74) is 4.20. The van der Waals surface area contributed by atoms with E-state index in [-0.39, 0.29) is 15.6 Å². The van der Waals surface area contributed by atoms with Gasteiger partial charge in [0.05, 0.1) is 10.4 Å². The van der Waals surface area contributed by atoms with Crippen molar-refractivity contribution in [3.05, 3.63) is 90.1 Å². The molecule has 3 heterocycles. The number of nitrogens with zero attached hydrogens (tertiary/aromatic N) is 4. The van der Waals surface area contributed by atoms with E-state index < -0.39 is 9.84 Å². The van der Waals surface area contributed by atoms with Crippen molar-refractivity contribution >= 4 is 43.1 Å². The molecule has 0 fully saturated rings. The highest BCUT2D eigenvalue weighted by molar-refractivity contribution is 7.91. The van der Waals surface area contributed by atoms with E-state index in [2.05, 4.69) is 32.7 Å². The van der Waals surface area contributed by atoms with Gasteiger partial charge in [0.1, 0.15) is 5.82 Å². The van der Waals surface area contributed by atoms with E-state index in [1.54, 1.807) is 24.3 Å². The SMILES string of the molecule is Cc1ccc(S(=O)(=O)c2nnn3c2nc(NCCc2c[nH]c4ccccc24)c2ccccc23)cc1. The van der Waals surface area contributed by atoms with E-state index in [4.69, 9.17) is 4.98 Å². The number of fused-ring (bicyclic) bond motifs is 4. The van der Waals surface area contributed by atoms with E-state index in [0.29, 0.717) is 12.4 Å². The summed E-state index contributed by atoms with van der Waals surface area (Å²) in [7, 11) is -3.89. The number of nitrogens with one attached hydrogen (secondary N) is 2. The Balaban J connectivity index is 1.40.